The van der Waals surface area contributed by atoms with Gasteiger partial charge in [-0.05, 0) is 50.3 Å². The number of phenolic OH excluding ortho intramolecular Hbond substituents is 1. The number of carbonyl (C=O) groups is 4. The molecule has 4 atom stereocenters. The average molecular weight is 462 g/mol. The zero-order chi connectivity index (χ0) is 24.3. The maximum Gasteiger partial charge on any atom is 0.233 e. The lowest BCUT2D eigenvalue weighted by Crippen LogP contribution is -2.40. The molecule has 176 valence electrons. The normalized spacial score (nSPS) is 28.4. The number of likely N-dealkylation sites (tertiary alicyclic amines) is 1. The van der Waals surface area contributed by atoms with Gasteiger partial charge in [0.25, 0.3) is 0 Å². The molecule has 1 heterocycles. The third-order valence-electron chi connectivity index (χ3n) is 7.65. The Kier molecular flexibility index (Phi) is 5.30. The fraction of sp³-hybridized carbons (Fsp3) is 0.407. The first-order valence-electron chi connectivity index (χ1n) is 11.7. The molecular weight excluding hydrogens is 434 g/mol. The van der Waals surface area contributed by atoms with Gasteiger partial charge in [-0.25, -0.2) is 0 Å². The highest BCUT2D eigenvalue weighted by Gasteiger charge is 2.56. The van der Waals surface area contributed by atoms with Crippen LogP contribution in [0.25, 0.3) is 0 Å². The van der Waals surface area contributed by atoms with E-state index in [0.717, 1.165) is 5.57 Å². The topological polar surface area (TPSA) is 101 Å². The number of phenols is 1. The molecule has 2 amide bonds. The van der Waals surface area contributed by atoms with Crippen LogP contribution in [0.15, 0.2) is 52.6 Å². The van der Waals surface area contributed by atoms with E-state index in [2.05, 4.69) is 0 Å². The quantitative estimate of drug-likeness (QED) is 0.420. The van der Waals surface area contributed by atoms with Crippen LogP contribution in [0.3, 0.4) is 0 Å². The van der Waals surface area contributed by atoms with Crippen LogP contribution >= 0.6 is 0 Å². The van der Waals surface area contributed by atoms with Crippen molar-refractivity contribution in [2.24, 2.45) is 17.8 Å². The van der Waals surface area contributed by atoms with Crippen molar-refractivity contribution in [3.8, 4) is 11.5 Å². The number of allylic oxidation sites excluding steroid dienone is 6. The lowest BCUT2D eigenvalue weighted by molar-refractivity contribution is -0.140. The summed E-state index contributed by atoms with van der Waals surface area (Å²) in [6.45, 7) is 3.91. The van der Waals surface area contributed by atoms with E-state index in [1.165, 1.54) is 24.2 Å². The SMILES string of the molecule is CCCN1C(=O)[C@H]2[C@H](CC=C3[C@H](c4c(O)cccc4OC)C4=C(C[C@H]32)C(=O)C=C(C)C4=O)C1=O. The number of nitrogens with zero attached hydrogens (tertiary/aromatic N) is 1. The largest absolute Gasteiger partial charge is 0.507 e. The van der Waals surface area contributed by atoms with Gasteiger partial charge in [-0.3, -0.25) is 24.1 Å². The molecule has 0 radical (unpaired) electrons. The number of ether oxygens (including phenoxy) is 1. The molecule has 7 heteroatoms. The number of hydrogen-bond acceptors (Lipinski definition) is 6. The van der Waals surface area contributed by atoms with E-state index < -0.39 is 23.7 Å². The van der Waals surface area contributed by atoms with Crippen LogP contribution in [0.5, 0.6) is 11.5 Å². The lowest BCUT2D eigenvalue weighted by atomic mass is 9.59. The molecular formula is C27H27NO6. The summed E-state index contributed by atoms with van der Waals surface area (Å²) in [5.41, 5.74) is 2.26. The zero-order valence-electron chi connectivity index (χ0n) is 19.5. The number of benzene rings is 1. The molecule has 1 N–H and O–H groups in total. The highest BCUT2D eigenvalue weighted by Crippen LogP contribution is 2.57. The van der Waals surface area contributed by atoms with E-state index in [-0.39, 0.29) is 35.6 Å². The molecule has 1 aromatic rings. The van der Waals surface area contributed by atoms with Crippen LogP contribution in [-0.2, 0) is 19.2 Å². The number of methoxy groups -OCH3 is 1. The van der Waals surface area contributed by atoms with Crippen molar-refractivity contribution >= 4 is 23.4 Å². The van der Waals surface area contributed by atoms with E-state index in [9.17, 15) is 24.3 Å². The molecule has 1 fully saturated rings. The van der Waals surface area contributed by atoms with Gasteiger partial charge >= 0.3 is 0 Å². The summed E-state index contributed by atoms with van der Waals surface area (Å²) < 4.78 is 5.55. The molecule has 4 aliphatic rings. The predicted octanol–water partition coefficient (Wildman–Crippen LogP) is 3.24. The Bertz CT molecular complexity index is 1240. The molecule has 1 saturated heterocycles. The standard InChI is InChI=1S/C27H27NO6/c1-4-10-28-26(32)15-9-8-14-16(21(15)27(28)33)12-17-19(30)11-13(2)25(31)23(17)22(14)24-18(29)6-5-7-20(24)34-3/h5-8,11,15-16,21-22,29H,4,9-10,12H2,1-3H3/t15-,16+,21-,22-/m0/s1. The van der Waals surface area contributed by atoms with Gasteiger partial charge in [-0.1, -0.05) is 24.6 Å². The van der Waals surface area contributed by atoms with Crippen LogP contribution < -0.4 is 4.74 Å². The Morgan fingerprint density at radius 1 is 1.12 bits per heavy atom. The predicted molar refractivity (Wildman–Crippen MR) is 123 cm³/mol. The van der Waals surface area contributed by atoms with E-state index in [1.807, 2.05) is 13.0 Å². The molecule has 0 bridgehead atoms. The minimum Gasteiger partial charge on any atom is -0.507 e. The monoisotopic (exact) mass is 461 g/mol. The number of rotatable bonds is 4. The lowest BCUT2D eigenvalue weighted by Gasteiger charge is -2.42. The summed E-state index contributed by atoms with van der Waals surface area (Å²) in [5.74, 6) is -2.70. The number of fused-ring (bicyclic) bond motifs is 3. The Hall–Kier alpha value is -3.48. The summed E-state index contributed by atoms with van der Waals surface area (Å²) in [6, 6.07) is 4.88. The molecule has 3 aliphatic carbocycles. The number of hydrogen-bond donors (Lipinski definition) is 1. The van der Waals surface area contributed by atoms with Crippen molar-refractivity contribution in [3.05, 3.63) is 58.2 Å². The van der Waals surface area contributed by atoms with Gasteiger partial charge in [0, 0.05) is 34.7 Å². The molecule has 0 unspecified atom stereocenters. The van der Waals surface area contributed by atoms with Crippen LogP contribution in [0.2, 0.25) is 0 Å². The van der Waals surface area contributed by atoms with Gasteiger partial charge < -0.3 is 9.84 Å². The minimum absolute atomic E-state index is 0.0474. The second-order valence-electron chi connectivity index (χ2n) is 9.45. The second kappa shape index (κ2) is 8.08. The van der Waals surface area contributed by atoms with Crippen molar-refractivity contribution in [1.29, 1.82) is 0 Å². The first-order chi connectivity index (χ1) is 16.3. The molecule has 0 aromatic heterocycles. The second-order valence-corrected chi connectivity index (χ2v) is 9.45. The fourth-order valence-electron chi connectivity index (χ4n) is 6.20. The summed E-state index contributed by atoms with van der Waals surface area (Å²) in [7, 11) is 1.49. The Morgan fingerprint density at radius 2 is 1.88 bits per heavy atom. The number of ketones is 2. The van der Waals surface area contributed by atoms with Crippen molar-refractivity contribution in [2.75, 3.05) is 13.7 Å². The summed E-state index contributed by atoms with van der Waals surface area (Å²) >= 11 is 0. The minimum atomic E-state index is -0.728. The van der Waals surface area contributed by atoms with Crippen molar-refractivity contribution < 1.29 is 29.0 Å². The van der Waals surface area contributed by atoms with Gasteiger partial charge in [0.1, 0.15) is 11.5 Å². The third-order valence-corrected chi connectivity index (χ3v) is 7.65. The van der Waals surface area contributed by atoms with Gasteiger partial charge in [-0.2, -0.15) is 0 Å². The number of Topliss-reactive ketones (excluding diaryl/α,β-unsaturated/α-hetero) is 1. The van der Waals surface area contributed by atoms with Crippen LogP contribution in [0, 0.1) is 17.8 Å². The van der Waals surface area contributed by atoms with Crippen molar-refractivity contribution in [3.63, 3.8) is 0 Å². The summed E-state index contributed by atoms with van der Waals surface area (Å²) in [6.07, 6.45) is 4.57. The van der Waals surface area contributed by atoms with Gasteiger partial charge in [0.2, 0.25) is 11.8 Å². The highest BCUT2D eigenvalue weighted by atomic mass is 16.5. The van der Waals surface area contributed by atoms with Gasteiger partial charge in [-0.15, -0.1) is 0 Å². The number of imide groups is 1. The van der Waals surface area contributed by atoms with E-state index in [1.54, 1.807) is 19.1 Å². The van der Waals surface area contributed by atoms with Crippen LogP contribution in [0.1, 0.15) is 44.6 Å². The van der Waals surface area contributed by atoms with E-state index in [4.69, 9.17) is 4.74 Å². The fourth-order valence-corrected chi connectivity index (χ4v) is 6.20. The zero-order valence-corrected chi connectivity index (χ0v) is 19.5. The smallest absolute Gasteiger partial charge is 0.233 e. The Labute approximate surface area is 197 Å². The van der Waals surface area contributed by atoms with E-state index in [0.29, 0.717) is 47.4 Å². The van der Waals surface area contributed by atoms with Crippen LogP contribution in [-0.4, -0.2) is 47.0 Å². The highest BCUT2D eigenvalue weighted by molar-refractivity contribution is 6.24. The molecule has 1 aliphatic heterocycles. The molecule has 34 heavy (non-hydrogen) atoms. The Balaban J connectivity index is 1.72. The maximum atomic E-state index is 13.4. The molecule has 5 rings (SSSR count). The first-order valence-corrected chi connectivity index (χ1v) is 11.7. The number of carbonyl (C=O) groups excluding carboxylic acids is 4. The molecule has 7 nitrogen and oxygen atoms in total. The molecule has 0 saturated carbocycles. The van der Waals surface area contributed by atoms with Gasteiger partial charge in [0.15, 0.2) is 11.6 Å². The molecule has 1 aromatic carbocycles. The maximum absolute atomic E-state index is 13.4. The Morgan fingerprint density at radius 3 is 2.59 bits per heavy atom. The first kappa shape index (κ1) is 22.3. The summed E-state index contributed by atoms with van der Waals surface area (Å²) in [5, 5.41) is 10.9. The van der Waals surface area contributed by atoms with Crippen molar-refractivity contribution in [1.82, 2.24) is 4.90 Å². The molecule has 0 spiro atoms. The van der Waals surface area contributed by atoms with Gasteiger partial charge in [0.05, 0.1) is 18.9 Å². The average Bonchev–Trinajstić information content (AvgIpc) is 3.06. The summed E-state index contributed by atoms with van der Waals surface area (Å²) in [4.78, 5) is 54.3. The van der Waals surface area contributed by atoms with E-state index >= 15 is 0 Å². The van der Waals surface area contributed by atoms with Crippen molar-refractivity contribution in [2.45, 2.75) is 39.0 Å². The third kappa shape index (κ3) is 3.02. The number of amides is 2. The number of aromatic hydroxyl groups is 1. The van der Waals surface area contributed by atoms with Crippen LogP contribution in [0.4, 0.5) is 0 Å².